The van der Waals surface area contributed by atoms with Crippen molar-refractivity contribution in [3.8, 4) is 0 Å². The van der Waals surface area contributed by atoms with E-state index in [0.717, 1.165) is 19.6 Å². The number of nitrogens with zero attached hydrogens (tertiary/aromatic N) is 1. The number of alkyl halides is 1. The second kappa shape index (κ2) is 5.46. The van der Waals surface area contributed by atoms with Gasteiger partial charge in [0, 0.05) is 31.2 Å². The molecule has 1 aliphatic carbocycles. The number of nitrogens with one attached hydrogen (secondary N) is 1. The van der Waals surface area contributed by atoms with E-state index in [-0.39, 0.29) is 12.1 Å². The Morgan fingerprint density at radius 3 is 2.50 bits per heavy atom. The molecule has 1 atom stereocenters. The van der Waals surface area contributed by atoms with Gasteiger partial charge in [0.05, 0.1) is 6.67 Å². The van der Waals surface area contributed by atoms with E-state index in [1.54, 1.807) is 0 Å². The fourth-order valence-corrected chi connectivity index (χ4v) is 3.74. The highest BCUT2D eigenvalue weighted by Gasteiger charge is 2.43. The van der Waals surface area contributed by atoms with E-state index in [1.165, 1.54) is 25.7 Å². The Kier molecular flexibility index (Phi) is 4.32. The number of hydrogen-bond acceptors (Lipinski definition) is 2. The Bertz CT molecular complexity index is 266. The van der Waals surface area contributed by atoms with E-state index in [1.807, 2.05) is 0 Å². The van der Waals surface area contributed by atoms with Gasteiger partial charge in [-0.2, -0.15) is 0 Å². The second-order valence-corrected chi connectivity index (χ2v) is 7.26. The van der Waals surface area contributed by atoms with Crippen molar-refractivity contribution in [2.24, 2.45) is 5.41 Å². The van der Waals surface area contributed by atoms with Crippen LogP contribution in [0, 0.1) is 5.41 Å². The zero-order chi connectivity index (χ0) is 13.2. The molecule has 0 radical (unpaired) electrons. The van der Waals surface area contributed by atoms with Crippen molar-refractivity contribution < 1.29 is 4.39 Å². The van der Waals surface area contributed by atoms with Gasteiger partial charge in [-0.3, -0.25) is 9.29 Å². The largest absolute Gasteiger partial charge is 0.308 e. The molecule has 0 aromatic rings. The summed E-state index contributed by atoms with van der Waals surface area (Å²) >= 11 is 0. The number of hydrogen-bond donors (Lipinski definition) is 1. The number of rotatable bonds is 3. The molecule has 1 aliphatic heterocycles. The normalized spacial score (nSPS) is 29.0. The Hall–Kier alpha value is -0.150. The third kappa shape index (κ3) is 3.05. The molecule has 2 nitrogen and oxygen atoms in total. The predicted octanol–water partition coefficient (Wildman–Crippen LogP) is 2.98. The quantitative estimate of drug-likeness (QED) is 0.835. The van der Waals surface area contributed by atoms with Gasteiger partial charge in [-0.05, 0) is 24.7 Å². The summed E-state index contributed by atoms with van der Waals surface area (Å²) in [5.41, 5.74) is 0.613. The van der Waals surface area contributed by atoms with Crippen molar-refractivity contribution in [1.29, 1.82) is 0 Å². The van der Waals surface area contributed by atoms with Crippen molar-refractivity contribution in [1.82, 2.24) is 10.2 Å². The van der Waals surface area contributed by atoms with Crippen LogP contribution in [0.3, 0.4) is 0 Å². The molecule has 1 saturated heterocycles. The van der Waals surface area contributed by atoms with E-state index in [0.29, 0.717) is 18.0 Å². The maximum atomic E-state index is 12.5. The summed E-state index contributed by atoms with van der Waals surface area (Å²) in [6, 6.07) is 0.537. The van der Waals surface area contributed by atoms with Crippen LogP contribution in [-0.2, 0) is 0 Å². The molecule has 0 aromatic carbocycles. The number of piperazine rings is 1. The smallest absolute Gasteiger partial charge is 0.0906 e. The van der Waals surface area contributed by atoms with Crippen LogP contribution in [0.4, 0.5) is 4.39 Å². The van der Waals surface area contributed by atoms with Gasteiger partial charge in [0.15, 0.2) is 0 Å². The Morgan fingerprint density at radius 1 is 1.28 bits per heavy atom. The van der Waals surface area contributed by atoms with Gasteiger partial charge in [0.1, 0.15) is 0 Å². The molecule has 1 unspecified atom stereocenters. The zero-order valence-corrected chi connectivity index (χ0v) is 12.3. The molecular weight excluding hydrogens is 227 g/mol. The van der Waals surface area contributed by atoms with Crippen LogP contribution in [0.15, 0.2) is 0 Å². The van der Waals surface area contributed by atoms with Crippen LogP contribution in [0.2, 0.25) is 0 Å². The monoisotopic (exact) mass is 256 g/mol. The molecule has 1 spiro atoms. The average Bonchev–Trinajstić information content (AvgIpc) is 2.73. The summed E-state index contributed by atoms with van der Waals surface area (Å²) in [7, 11) is 0. The van der Waals surface area contributed by atoms with Gasteiger partial charge in [-0.1, -0.05) is 33.6 Å². The molecule has 1 heterocycles. The lowest BCUT2D eigenvalue weighted by atomic mass is 9.81. The molecule has 2 fully saturated rings. The van der Waals surface area contributed by atoms with Crippen molar-refractivity contribution in [2.45, 2.75) is 64.5 Å². The van der Waals surface area contributed by atoms with Gasteiger partial charge in [-0.25, -0.2) is 0 Å². The summed E-state index contributed by atoms with van der Waals surface area (Å²) in [6.45, 7) is 9.82. The Morgan fingerprint density at radius 2 is 1.94 bits per heavy atom. The summed E-state index contributed by atoms with van der Waals surface area (Å²) in [4.78, 5) is 2.56. The molecule has 1 saturated carbocycles. The maximum absolute atomic E-state index is 12.5. The SMILES string of the molecule is CC(C)(C)C1CNC2(CCCC2)CN1CCCF. The lowest BCUT2D eigenvalue weighted by molar-refractivity contribution is 0.0220. The highest BCUT2D eigenvalue weighted by atomic mass is 19.1. The van der Waals surface area contributed by atoms with E-state index >= 15 is 0 Å². The zero-order valence-electron chi connectivity index (χ0n) is 12.3. The highest BCUT2D eigenvalue weighted by molar-refractivity contribution is 5.03. The van der Waals surface area contributed by atoms with Crippen molar-refractivity contribution in [2.75, 3.05) is 26.3 Å². The molecule has 0 amide bonds. The third-order valence-corrected chi connectivity index (χ3v) is 4.76. The second-order valence-electron chi connectivity index (χ2n) is 7.26. The molecule has 1 N–H and O–H groups in total. The first-order valence-electron chi connectivity index (χ1n) is 7.52. The summed E-state index contributed by atoms with van der Waals surface area (Å²) in [5.74, 6) is 0. The van der Waals surface area contributed by atoms with E-state index < -0.39 is 0 Å². The standard InChI is InChI=1S/C15H29FN2/c1-14(2,3)13-11-17-15(7-4-5-8-15)12-18(13)10-6-9-16/h13,17H,4-12H2,1-3H3. The van der Waals surface area contributed by atoms with Crippen molar-refractivity contribution in [3.05, 3.63) is 0 Å². The minimum Gasteiger partial charge on any atom is -0.308 e. The molecule has 0 aromatic heterocycles. The lowest BCUT2D eigenvalue weighted by Crippen LogP contribution is -2.66. The first-order chi connectivity index (χ1) is 8.47. The van der Waals surface area contributed by atoms with Gasteiger partial charge < -0.3 is 5.32 Å². The minimum atomic E-state index is -0.187. The molecule has 18 heavy (non-hydrogen) atoms. The van der Waals surface area contributed by atoms with Crippen molar-refractivity contribution in [3.63, 3.8) is 0 Å². The third-order valence-electron chi connectivity index (χ3n) is 4.76. The Balaban J connectivity index is 2.05. The Labute approximate surface area is 111 Å². The molecule has 2 aliphatic rings. The molecule has 2 rings (SSSR count). The van der Waals surface area contributed by atoms with Gasteiger partial charge in [-0.15, -0.1) is 0 Å². The van der Waals surface area contributed by atoms with Crippen LogP contribution in [-0.4, -0.2) is 42.8 Å². The summed E-state index contributed by atoms with van der Waals surface area (Å²) < 4.78 is 12.5. The lowest BCUT2D eigenvalue weighted by Gasteiger charge is -2.50. The predicted molar refractivity (Wildman–Crippen MR) is 74.6 cm³/mol. The molecule has 0 bridgehead atoms. The average molecular weight is 256 g/mol. The molecule has 3 heteroatoms. The van der Waals surface area contributed by atoms with Crippen LogP contribution in [0.5, 0.6) is 0 Å². The fourth-order valence-electron chi connectivity index (χ4n) is 3.74. The molecular formula is C15H29FN2. The van der Waals surface area contributed by atoms with Crippen LogP contribution in [0.1, 0.15) is 52.9 Å². The summed E-state index contributed by atoms with van der Waals surface area (Å²) in [6.07, 6.45) is 5.99. The molecule has 106 valence electrons. The fraction of sp³-hybridized carbons (Fsp3) is 1.00. The first kappa shape index (κ1) is 14.3. The van der Waals surface area contributed by atoms with Crippen molar-refractivity contribution >= 4 is 0 Å². The van der Waals surface area contributed by atoms with E-state index in [9.17, 15) is 4.39 Å². The van der Waals surface area contributed by atoms with Crippen LogP contribution >= 0.6 is 0 Å². The van der Waals surface area contributed by atoms with Gasteiger partial charge >= 0.3 is 0 Å². The first-order valence-corrected chi connectivity index (χ1v) is 7.52. The van der Waals surface area contributed by atoms with Gasteiger partial charge in [0.2, 0.25) is 0 Å². The maximum Gasteiger partial charge on any atom is 0.0906 e. The highest BCUT2D eigenvalue weighted by Crippen LogP contribution is 2.36. The minimum absolute atomic E-state index is 0.187. The van der Waals surface area contributed by atoms with E-state index in [4.69, 9.17) is 0 Å². The van der Waals surface area contributed by atoms with E-state index in [2.05, 4.69) is 31.0 Å². The van der Waals surface area contributed by atoms with Crippen LogP contribution < -0.4 is 5.32 Å². The topological polar surface area (TPSA) is 15.3 Å². The summed E-state index contributed by atoms with van der Waals surface area (Å²) in [5, 5.41) is 3.82. The van der Waals surface area contributed by atoms with Gasteiger partial charge in [0.25, 0.3) is 0 Å². The van der Waals surface area contributed by atoms with Crippen LogP contribution in [0.25, 0.3) is 0 Å². The number of halogens is 1.